The predicted molar refractivity (Wildman–Crippen MR) is 77.6 cm³/mol. The summed E-state index contributed by atoms with van der Waals surface area (Å²) in [4.78, 5) is 1.37. The smallest absolute Gasteiger partial charge is 0.0702 e. The molecule has 4 heteroatoms. The van der Waals surface area contributed by atoms with Crippen molar-refractivity contribution >= 4 is 27.3 Å². The van der Waals surface area contributed by atoms with E-state index in [1.807, 2.05) is 0 Å². The molecule has 0 spiro atoms. The fourth-order valence-corrected chi connectivity index (χ4v) is 3.35. The number of thiophene rings is 1. The summed E-state index contributed by atoms with van der Waals surface area (Å²) in [7, 11) is 0. The molecule has 0 aliphatic heterocycles. The molecule has 2 aromatic rings. The number of nitrogens with zero attached hydrogens (tertiary/aromatic N) is 1. The van der Waals surface area contributed by atoms with Crippen LogP contribution >= 0.6 is 27.3 Å². The Labute approximate surface area is 115 Å². The molecule has 0 fully saturated rings. The second-order valence-corrected chi connectivity index (χ2v) is 6.65. The van der Waals surface area contributed by atoms with E-state index in [-0.39, 0.29) is 0 Å². The van der Waals surface area contributed by atoms with E-state index in [1.54, 1.807) is 11.3 Å². The summed E-state index contributed by atoms with van der Waals surface area (Å²) in [6.07, 6.45) is 4.37. The van der Waals surface area contributed by atoms with Crippen LogP contribution < -0.4 is 5.32 Å². The first-order chi connectivity index (χ1) is 8.19. The first kappa shape index (κ1) is 12.9. The van der Waals surface area contributed by atoms with E-state index in [1.165, 1.54) is 14.2 Å². The summed E-state index contributed by atoms with van der Waals surface area (Å²) in [5.74, 6) is 0. The van der Waals surface area contributed by atoms with E-state index in [2.05, 4.69) is 70.3 Å². The van der Waals surface area contributed by atoms with Gasteiger partial charge in [0.25, 0.3) is 0 Å². The van der Waals surface area contributed by atoms with E-state index >= 15 is 0 Å². The van der Waals surface area contributed by atoms with Gasteiger partial charge in [-0.2, -0.15) is 0 Å². The Morgan fingerprint density at radius 1 is 1.41 bits per heavy atom. The molecule has 1 N–H and O–H groups in total. The molecule has 1 unspecified atom stereocenters. The molecule has 17 heavy (non-hydrogen) atoms. The number of nitrogens with one attached hydrogen (secondary N) is 1. The third-order valence-electron chi connectivity index (χ3n) is 2.75. The summed E-state index contributed by atoms with van der Waals surface area (Å²) in [6, 6.07) is 6.89. The van der Waals surface area contributed by atoms with Crippen molar-refractivity contribution in [2.75, 3.05) is 6.54 Å². The van der Waals surface area contributed by atoms with Crippen LogP contribution in [0.2, 0.25) is 0 Å². The lowest BCUT2D eigenvalue weighted by Gasteiger charge is -2.09. The van der Waals surface area contributed by atoms with E-state index in [4.69, 9.17) is 0 Å². The maximum Gasteiger partial charge on any atom is 0.0702 e. The lowest BCUT2D eigenvalue weighted by molar-refractivity contribution is 0.596. The monoisotopic (exact) mass is 312 g/mol. The van der Waals surface area contributed by atoms with Crippen molar-refractivity contribution in [1.29, 1.82) is 0 Å². The van der Waals surface area contributed by atoms with Crippen LogP contribution in [0.3, 0.4) is 0 Å². The zero-order valence-electron chi connectivity index (χ0n) is 10.1. The molecule has 0 saturated carbocycles. The molecule has 92 valence electrons. The summed E-state index contributed by atoms with van der Waals surface area (Å²) in [6.45, 7) is 6.29. The highest BCUT2D eigenvalue weighted by atomic mass is 79.9. The molecular formula is C13H17BrN2S. The third kappa shape index (κ3) is 3.44. The Morgan fingerprint density at radius 2 is 2.24 bits per heavy atom. The summed E-state index contributed by atoms with van der Waals surface area (Å²) in [5, 5.41) is 3.42. The van der Waals surface area contributed by atoms with Crippen molar-refractivity contribution in [3.63, 3.8) is 0 Å². The third-order valence-corrected chi connectivity index (χ3v) is 4.36. The van der Waals surface area contributed by atoms with Gasteiger partial charge in [-0.1, -0.05) is 6.92 Å². The van der Waals surface area contributed by atoms with Crippen molar-refractivity contribution in [1.82, 2.24) is 9.88 Å². The fraction of sp³-hybridized carbons (Fsp3) is 0.385. The second-order valence-electron chi connectivity index (χ2n) is 4.10. The highest BCUT2D eigenvalue weighted by Crippen LogP contribution is 2.23. The topological polar surface area (TPSA) is 17.0 Å². The molecule has 2 heterocycles. The van der Waals surface area contributed by atoms with Crippen molar-refractivity contribution < 1.29 is 0 Å². The molecular weight excluding hydrogens is 296 g/mol. The molecule has 0 radical (unpaired) electrons. The van der Waals surface area contributed by atoms with Crippen molar-refractivity contribution in [3.05, 3.63) is 44.8 Å². The Bertz CT molecular complexity index is 475. The van der Waals surface area contributed by atoms with Crippen LogP contribution in [-0.2, 0) is 6.54 Å². The second kappa shape index (κ2) is 5.85. The highest BCUT2D eigenvalue weighted by Gasteiger charge is 2.06. The van der Waals surface area contributed by atoms with Crippen molar-refractivity contribution in [2.45, 2.75) is 26.4 Å². The molecule has 1 atom stereocenters. The molecule has 0 bridgehead atoms. The summed E-state index contributed by atoms with van der Waals surface area (Å²) >= 11 is 5.28. The van der Waals surface area contributed by atoms with Gasteiger partial charge in [-0.3, -0.25) is 0 Å². The normalized spacial score (nSPS) is 12.9. The Hall–Kier alpha value is -0.580. The quantitative estimate of drug-likeness (QED) is 0.882. The maximum absolute atomic E-state index is 3.49. The molecule has 2 aromatic heterocycles. The van der Waals surface area contributed by atoms with Crippen LogP contribution in [0.25, 0.3) is 0 Å². The molecule has 0 aliphatic carbocycles. The number of aromatic nitrogens is 1. The van der Waals surface area contributed by atoms with Crippen LogP contribution in [0.15, 0.2) is 34.4 Å². The van der Waals surface area contributed by atoms with Crippen molar-refractivity contribution in [3.8, 4) is 0 Å². The van der Waals surface area contributed by atoms with Gasteiger partial charge in [0.1, 0.15) is 0 Å². The number of halogens is 1. The van der Waals surface area contributed by atoms with Crippen LogP contribution in [0.4, 0.5) is 0 Å². The molecule has 2 nitrogen and oxygen atoms in total. The molecule has 2 rings (SSSR count). The van der Waals surface area contributed by atoms with Gasteiger partial charge in [-0.15, -0.1) is 11.3 Å². The summed E-state index contributed by atoms with van der Waals surface area (Å²) in [5.41, 5.74) is 1.35. The first-order valence-electron chi connectivity index (χ1n) is 5.82. The fourth-order valence-electron chi connectivity index (χ4n) is 1.85. The summed E-state index contributed by atoms with van der Waals surface area (Å²) < 4.78 is 3.43. The van der Waals surface area contributed by atoms with Crippen molar-refractivity contribution in [2.24, 2.45) is 0 Å². The average molecular weight is 313 g/mol. The number of rotatable bonds is 5. The minimum atomic E-state index is 0.427. The first-order valence-corrected chi connectivity index (χ1v) is 7.43. The van der Waals surface area contributed by atoms with Crippen LogP contribution in [-0.4, -0.2) is 11.1 Å². The van der Waals surface area contributed by atoms with Crippen LogP contribution in [0.1, 0.15) is 30.3 Å². The minimum absolute atomic E-state index is 0.427. The zero-order valence-corrected chi connectivity index (χ0v) is 12.5. The van der Waals surface area contributed by atoms with Gasteiger partial charge >= 0.3 is 0 Å². The SMILES string of the molecule is CCNC(C)c1ccn(Cc2ccc(Br)s2)c1. The Kier molecular flexibility index (Phi) is 4.42. The molecule has 0 amide bonds. The van der Waals surface area contributed by atoms with Crippen LogP contribution in [0.5, 0.6) is 0 Å². The van der Waals surface area contributed by atoms with Gasteiger partial charge in [0.05, 0.1) is 10.3 Å². The van der Waals surface area contributed by atoms with E-state index in [0.717, 1.165) is 13.1 Å². The average Bonchev–Trinajstić information content (AvgIpc) is 2.89. The van der Waals surface area contributed by atoms with E-state index in [0.29, 0.717) is 6.04 Å². The Balaban J connectivity index is 2.03. The molecule has 0 aromatic carbocycles. The van der Waals surface area contributed by atoms with Gasteiger partial charge in [0.15, 0.2) is 0 Å². The number of hydrogen-bond acceptors (Lipinski definition) is 2. The van der Waals surface area contributed by atoms with E-state index < -0.39 is 0 Å². The largest absolute Gasteiger partial charge is 0.349 e. The molecule has 0 aliphatic rings. The lowest BCUT2D eigenvalue weighted by Crippen LogP contribution is -2.17. The lowest BCUT2D eigenvalue weighted by atomic mass is 10.2. The van der Waals surface area contributed by atoms with Gasteiger partial charge < -0.3 is 9.88 Å². The Morgan fingerprint density at radius 3 is 2.88 bits per heavy atom. The minimum Gasteiger partial charge on any atom is -0.349 e. The highest BCUT2D eigenvalue weighted by molar-refractivity contribution is 9.11. The van der Waals surface area contributed by atoms with Gasteiger partial charge in [-0.25, -0.2) is 0 Å². The van der Waals surface area contributed by atoms with Gasteiger partial charge in [0, 0.05) is 23.3 Å². The standard InChI is InChI=1S/C13H17BrN2S/c1-3-15-10(2)11-6-7-16(8-11)9-12-4-5-13(14)17-12/h4-8,10,15H,3,9H2,1-2H3. The number of hydrogen-bond donors (Lipinski definition) is 1. The van der Waals surface area contributed by atoms with Gasteiger partial charge in [0.2, 0.25) is 0 Å². The zero-order chi connectivity index (χ0) is 12.3. The van der Waals surface area contributed by atoms with Gasteiger partial charge in [-0.05, 0) is 53.2 Å². The predicted octanol–water partition coefficient (Wildman–Crippen LogP) is 4.03. The maximum atomic E-state index is 3.49. The van der Waals surface area contributed by atoms with E-state index in [9.17, 15) is 0 Å². The molecule has 0 saturated heterocycles. The van der Waals surface area contributed by atoms with Crippen LogP contribution in [0, 0.1) is 0 Å².